The smallest absolute Gasteiger partial charge is 0.117 e. The van der Waals surface area contributed by atoms with E-state index in [1.54, 1.807) is 0 Å². The van der Waals surface area contributed by atoms with Gasteiger partial charge in [0.25, 0.3) is 0 Å². The van der Waals surface area contributed by atoms with Crippen LogP contribution < -0.4 is 5.73 Å². The molecule has 3 nitrogen and oxygen atoms in total. The molecule has 0 amide bonds. The van der Waals surface area contributed by atoms with E-state index in [9.17, 15) is 0 Å². The number of benzene rings is 1. The molecule has 0 saturated heterocycles. The van der Waals surface area contributed by atoms with Crippen LogP contribution in [0.25, 0.3) is 11.0 Å². The molecule has 0 bridgehead atoms. The topological polar surface area (TPSA) is 43.8 Å². The van der Waals surface area contributed by atoms with Gasteiger partial charge in [-0.2, -0.15) is 0 Å². The Morgan fingerprint density at radius 1 is 1.20 bits per heavy atom. The fraction of sp³-hybridized carbons (Fsp3) is 0.588. The molecule has 2 N–H and O–H groups in total. The summed E-state index contributed by atoms with van der Waals surface area (Å²) in [7, 11) is 0. The first-order valence-electron chi connectivity index (χ1n) is 7.50. The van der Waals surface area contributed by atoms with Crippen LogP contribution in [0.15, 0.2) is 18.2 Å². The highest BCUT2D eigenvalue weighted by Crippen LogP contribution is 2.43. The second-order valence-electron chi connectivity index (χ2n) is 7.38. The van der Waals surface area contributed by atoms with Gasteiger partial charge in [0.2, 0.25) is 0 Å². The third kappa shape index (κ3) is 1.96. The van der Waals surface area contributed by atoms with Gasteiger partial charge in [0.1, 0.15) is 5.82 Å². The average Bonchev–Trinajstić information content (AvgIpc) is 3.08. The fourth-order valence-electron chi connectivity index (χ4n) is 2.64. The minimum atomic E-state index is -0.309. The van der Waals surface area contributed by atoms with Gasteiger partial charge >= 0.3 is 0 Å². The molecule has 3 heteroatoms. The molecule has 0 unspecified atom stereocenters. The molecular formula is C17H25N3. The van der Waals surface area contributed by atoms with Crippen molar-refractivity contribution in [2.45, 2.75) is 64.5 Å². The maximum atomic E-state index is 6.43. The lowest BCUT2D eigenvalue weighted by atomic mass is 9.74. The van der Waals surface area contributed by atoms with Crippen molar-refractivity contribution in [3.63, 3.8) is 0 Å². The fourth-order valence-corrected chi connectivity index (χ4v) is 2.64. The van der Waals surface area contributed by atoms with Crippen molar-refractivity contribution in [1.29, 1.82) is 0 Å². The molecule has 1 aliphatic rings. The Bertz CT molecular complexity index is 655. The van der Waals surface area contributed by atoms with E-state index < -0.39 is 0 Å². The Morgan fingerprint density at radius 3 is 2.40 bits per heavy atom. The molecule has 1 heterocycles. The average molecular weight is 271 g/mol. The van der Waals surface area contributed by atoms with Crippen molar-refractivity contribution in [2.75, 3.05) is 0 Å². The van der Waals surface area contributed by atoms with E-state index in [0.29, 0.717) is 6.04 Å². The van der Waals surface area contributed by atoms with Crippen LogP contribution in [0, 0.1) is 6.92 Å². The predicted octanol–water partition coefficient (Wildman–Crippen LogP) is 3.69. The number of nitrogens with zero attached hydrogens (tertiary/aromatic N) is 2. The predicted molar refractivity (Wildman–Crippen MR) is 84.0 cm³/mol. The summed E-state index contributed by atoms with van der Waals surface area (Å²) in [6, 6.07) is 7.17. The number of nitrogens with two attached hydrogens (primary N) is 1. The number of rotatable bonds is 3. The molecule has 1 aromatic carbocycles. The molecule has 1 aliphatic carbocycles. The Balaban J connectivity index is 2.27. The van der Waals surface area contributed by atoms with Crippen molar-refractivity contribution in [3.8, 4) is 0 Å². The van der Waals surface area contributed by atoms with Crippen molar-refractivity contribution >= 4 is 11.0 Å². The lowest BCUT2D eigenvalue weighted by Gasteiger charge is -2.38. The first-order chi connectivity index (χ1) is 9.22. The Kier molecular flexibility index (Phi) is 2.78. The summed E-state index contributed by atoms with van der Waals surface area (Å²) in [6.45, 7) is 10.7. The number of aryl methyl sites for hydroxylation is 1. The van der Waals surface area contributed by atoms with Crippen LogP contribution in [0.3, 0.4) is 0 Å². The summed E-state index contributed by atoms with van der Waals surface area (Å²) in [5, 5.41) is 0. The standard InChI is InChI=1S/C17H25N3/c1-11-6-9-14-13(10-11)19-15(20(14)12-7-8-12)16(2,3)17(4,5)18/h6,9-10,12H,7-8,18H2,1-5H3. The Morgan fingerprint density at radius 2 is 1.85 bits per heavy atom. The third-order valence-corrected chi connectivity index (χ3v) is 4.93. The number of hydrogen-bond acceptors (Lipinski definition) is 2. The van der Waals surface area contributed by atoms with Crippen molar-refractivity contribution in [3.05, 3.63) is 29.6 Å². The molecule has 108 valence electrons. The molecule has 20 heavy (non-hydrogen) atoms. The molecule has 2 aromatic rings. The SMILES string of the molecule is Cc1ccc2c(c1)nc(C(C)(C)C(C)(C)N)n2C1CC1. The Labute approximate surface area is 121 Å². The minimum absolute atomic E-state index is 0.164. The van der Waals surface area contributed by atoms with Gasteiger partial charge in [-0.15, -0.1) is 0 Å². The first kappa shape index (κ1) is 13.6. The summed E-state index contributed by atoms with van der Waals surface area (Å²) >= 11 is 0. The van der Waals surface area contributed by atoms with Gasteiger partial charge in [0.05, 0.1) is 11.0 Å². The van der Waals surface area contributed by atoms with Gasteiger partial charge in [0.15, 0.2) is 0 Å². The summed E-state index contributed by atoms with van der Waals surface area (Å²) in [6.07, 6.45) is 2.51. The molecule has 1 fully saturated rings. The van der Waals surface area contributed by atoms with Crippen molar-refractivity contribution in [1.82, 2.24) is 9.55 Å². The van der Waals surface area contributed by atoms with Crippen LogP contribution in [-0.4, -0.2) is 15.1 Å². The number of imidazole rings is 1. The third-order valence-electron chi connectivity index (χ3n) is 4.93. The number of aromatic nitrogens is 2. The lowest BCUT2D eigenvalue weighted by molar-refractivity contribution is 0.283. The minimum Gasteiger partial charge on any atom is -0.325 e. The second-order valence-corrected chi connectivity index (χ2v) is 7.38. The second kappa shape index (κ2) is 4.08. The largest absolute Gasteiger partial charge is 0.325 e. The zero-order valence-electron chi connectivity index (χ0n) is 13.2. The summed E-state index contributed by atoms with van der Waals surface area (Å²) in [4.78, 5) is 4.96. The van der Waals surface area contributed by atoms with E-state index in [2.05, 4.69) is 57.4 Å². The maximum absolute atomic E-state index is 6.43. The van der Waals surface area contributed by atoms with E-state index >= 15 is 0 Å². The van der Waals surface area contributed by atoms with Crippen LogP contribution in [0.1, 0.15) is 58.0 Å². The quantitative estimate of drug-likeness (QED) is 0.925. The molecule has 0 aliphatic heterocycles. The van der Waals surface area contributed by atoms with Gasteiger partial charge in [-0.25, -0.2) is 4.98 Å². The first-order valence-corrected chi connectivity index (χ1v) is 7.50. The highest BCUT2D eigenvalue weighted by Gasteiger charge is 2.42. The van der Waals surface area contributed by atoms with Gasteiger partial charge in [-0.05, 0) is 51.3 Å². The molecular weight excluding hydrogens is 246 g/mol. The van der Waals surface area contributed by atoms with Gasteiger partial charge in [-0.3, -0.25) is 0 Å². The molecule has 1 saturated carbocycles. The molecule has 3 rings (SSSR count). The summed E-state index contributed by atoms with van der Waals surface area (Å²) in [5.41, 5.74) is 9.57. The van der Waals surface area contributed by atoms with Crippen LogP contribution in [0.5, 0.6) is 0 Å². The van der Waals surface area contributed by atoms with Crippen molar-refractivity contribution < 1.29 is 0 Å². The number of fused-ring (bicyclic) bond motifs is 1. The summed E-state index contributed by atoms with van der Waals surface area (Å²) in [5.74, 6) is 1.13. The number of hydrogen-bond donors (Lipinski definition) is 1. The van der Waals surface area contributed by atoms with Crippen molar-refractivity contribution in [2.24, 2.45) is 5.73 Å². The molecule has 0 atom stereocenters. The molecule has 1 aromatic heterocycles. The van der Waals surface area contributed by atoms with E-state index in [1.807, 2.05) is 0 Å². The zero-order valence-corrected chi connectivity index (χ0v) is 13.2. The highest BCUT2D eigenvalue weighted by atomic mass is 15.1. The monoisotopic (exact) mass is 271 g/mol. The van der Waals surface area contributed by atoms with E-state index in [4.69, 9.17) is 10.7 Å². The van der Waals surface area contributed by atoms with Gasteiger partial charge in [-0.1, -0.05) is 19.9 Å². The van der Waals surface area contributed by atoms with Crippen LogP contribution >= 0.6 is 0 Å². The van der Waals surface area contributed by atoms with Crippen LogP contribution in [0.2, 0.25) is 0 Å². The van der Waals surface area contributed by atoms with E-state index in [-0.39, 0.29) is 11.0 Å². The van der Waals surface area contributed by atoms with Gasteiger partial charge < -0.3 is 10.3 Å². The van der Waals surface area contributed by atoms with Crippen LogP contribution in [0.4, 0.5) is 0 Å². The normalized spacial score (nSPS) is 16.9. The zero-order chi connectivity index (χ0) is 14.7. The molecule has 0 spiro atoms. The lowest BCUT2D eigenvalue weighted by Crippen LogP contribution is -2.51. The maximum Gasteiger partial charge on any atom is 0.117 e. The van der Waals surface area contributed by atoms with Gasteiger partial charge in [0, 0.05) is 17.0 Å². The highest BCUT2D eigenvalue weighted by molar-refractivity contribution is 5.77. The van der Waals surface area contributed by atoms with E-state index in [0.717, 1.165) is 11.3 Å². The Hall–Kier alpha value is -1.35. The van der Waals surface area contributed by atoms with Crippen LogP contribution in [-0.2, 0) is 5.41 Å². The molecule has 0 radical (unpaired) electrons. The summed E-state index contributed by atoms with van der Waals surface area (Å²) < 4.78 is 2.43. The van der Waals surface area contributed by atoms with E-state index in [1.165, 1.54) is 23.9 Å².